The number of nitrogens with one attached hydrogen (secondary N) is 1. The van der Waals surface area contributed by atoms with Gasteiger partial charge in [-0.25, -0.2) is 0 Å². The minimum atomic E-state index is 0.231. The highest BCUT2D eigenvalue weighted by Gasteiger charge is 2.18. The van der Waals surface area contributed by atoms with Gasteiger partial charge >= 0.3 is 0 Å². The number of fused-ring (bicyclic) bond motifs is 1. The fraction of sp³-hybridized carbons (Fsp3) is 0.412. The Morgan fingerprint density at radius 3 is 2.70 bits per heavy atom. The van der Waals surface area contributed by atoms with Crippen molar-refractivity contribution in [2.24, 2.45) is 5.84 Å². The smallest absolute Gasteiger partial charge is 0.0593 e. The van der Waals surface area contributed by atoms with E-state index in [1.54, 1.807) is 10.4 Å². The summed E-state index contributed by atoms with van der Waals surface area (Å²) in [5.41, 5.74) is 5.90. The van der Waals surface area contributed by atoms with Gasteiger partial charge in [0.05, 0.1) is 6.04 Å². The first-order valence-electron chi connectivity index (χ1n) is 7.48. The summed E-state index contributed by atoms with van der Waals surface area (Å²) in [6.07, 6.45) is 7.50. The van der Waals surface area contributed by atoms with Crippen molar-refractivity contribution in [3.8, 4) is 0 Å². The summed E-state index contributed by atoms with van der Waals surface area (Å²) in [5, 5.41) is 0. The molecule has 0 amide bonds. The van der Waals surface area contributed by atoms with Crippen LogP contribution in [0, 0.1) is 0 Å². The van der Waals surface area contributed by atoms with Crippen LogP contribution in [0.5, 0.6) is 0 Å². The van der Waals surface area contributed by atoms with E-state index < -0.39 is 0 Å². The highest BCUT2D eigenvalue weighted by atomic mass is 32.1. The fourth-order valence-electron chi connectivity index (χ4n) is 2.95. The monoisotopic (exact) mass is 286 g/mol. The van der Waals surface area contributed by atoms with E-state index in [4.69, 9.17) is 5.84 Å². The Morgan fingerprint density at radius 2 is 1.90 bits per heavy atom. The van der Waals surface area contributed by atoms with Crippen LogP contribution in [0.25, 0.3) is 0 Å². The second kappa shape index (κ2) is 6.53. The number of nitrogens with two attached hydrogens (primary N) is 1. The normalized spacial score (nSPS) is 16.4. The molecule has 1 atom stereocenters. The molecule has 0 aliphatic heterocycles. The van der Waals surface area contributed by atoms with Crippen LogP contribution >= 0.6 is 11.3 Å². The predicted octanol–water partition coefficient (Wildman–Crippen LogP) is 3.76. The van der Waals surface area contributed by atoms with E-state index in [9.17, 15) is 0 Å². The zero-order chi connectivity index (χ0) is 13.8. The van der Waals surface area contributed by atoms with Gasteiger partial charge in [-0.1, -0.05) is 36.8 Å². The largest absolute Gasteiger partial charge is 0.271 e. The van der Waals surface area contributed by atoms with E-state index in [1.165, 1.54) is 42.5 Å². The summed E-state index contributed by atoms with van der Waals surface area (Å²) < 4.78 is 0. The molecule has 0 bridgehead atoms. The van der Waals surface area contributed by atoms with Crippen molar-refractivity contribution in [1.82, 2.24) is 5.43 Å². The molecule has 3 rings (SSSR count). The SMILES string of the molecule is NNC(Cc1ccccc1)c1cc2c(s1)CCCCC2. The summed E-state index contributed by atoms with van der Waals surface area (Å²) in [6, 6.07) is 13.2. The molecule has 1 aliphatic rings. The van der Waals surface area contributed by atoms with Gasteiger partial charge in [0.15, 0.2) is 0 Å². The van der Waals surface area contributed by atoms with Gasteiger partial charge < -0.3 is 0 Å². The minimum Gasteiger partial charge on any atom is -0.271 e. The summed E-state index contributed by atoms with van der Waals surface area (Å²) in [7, 11) is 0. The number of benzene rings is 1. The second-order valence-corrected chi connectivity index (χ2v) is 6.74. The Bertz CT molecular complexity index is 524. The molecule has 0 radical (unpaired) electrons. The Kier molecular flexibility index (Phi) is 4.51. The number of thiophene rings is 1. The second-order valence-electron chi connectivity index (χ2n) is 5.57. The predicted molar refractivity (Wildman–Crippen MR) is 85.8 cm³/mol. The molecule has 1 heterocycles. The van der Waals surface area contributed by atoms with E-state index in [0.29, 0.717) is 0 Å². The molecular formula is C17H22N2S. The number of hydrogen-bond donors (Lipinski definition) is 2. The average Bonchev–Trinajstić information content (AvgIpc) is 2.76. The summed E-state index contributed by atoms with van der Waals surface area (Å²) >= 11 is 1.96. The fourth-order valence-corrected chi connectivity index (χ4v) is 4.27. The molecule has 20 heavy (non-hydrogen) atoms. The van der Waals surface area contributed by atoms with E-state index in [0.717, 1.165) is 6.42 Å². The van der Waals surface area contributed by atoms with Crippen molar-refractivity contribution in [2.75, 3.05) is 0 Å². The number of hydrogen-bond acceptors (Lipinski definition) is 3. The van der Waals surface area contributed by atoms with Crippen LogP contribution in [0.15, 0.2) is 36.4 Å². The first kappa shape index (κ1) is 13.8. The average molecular weight is 286 g/mol. The van der Waals surface area contributed by atoms with Gasteiger partial charge in [0.1, 0.15) is 0 Å². The van der Waals surface area contributed by atoms with Crippen LogP contribution in [0.3, 0.4) is 0 Å². The lowest BCUT2D eigenvalue weighted by Gasteiger charge is -2.14. The van der Waals surface area contributed by atoms with Crippen molar-refractivity contribution >= 4 is 11.3 Å². The third-order valence-electron chi connectivity index (χ3n) is 4.09. The molecule has 0 saturated heterocycles. The Morgan fingerprint density at radius 1 is 1.10 bits per heavy atom. The lowest BCUT2D eigenvalue weighted by atomic mass is 10.0. The maximum absolute atomic E-state index is 5.80. The molecule has 1 aliphatic carbocycles. The number of aryl methyl sites for hydroxylation is 2. The van der Waals surface area contributed by atoms with Gasteiger partial charge in [-0.3, -0.25) is 11.3 Å². The summed E-state index contributed by atoms with van der Waals surface area (Å²) in [5.74, 6) is 5.80. The van der Waals surface area contributed by atoms with Crippen LogP contribution in [0.2, 0.25) is 0 Å². The van der Waals surface area contributed by atoms with E-state index in [-0.39, 0.29) is 6.04 Å². The van der Waals surface area contributed by atoms with Gasteiger partial charge in [-0.15, -0.1) is 11.3 Å². The van der Waals surface area contributed by atoms with Crippen LogP contribution in [-0.2, 0) is 19.3 Å². The maximum Gasteiger partial charge on any atom is 0.0593 e. The first-order valence-corrected chi connectivity index (χ1v) is 8.30. The Labute approximate surface area is 125 Å². The number of rotatable bonds is 4. The van der Waals surface area contributed by atoms with Crippen LogP contribution in [0.4, 0.5) is 0 Å². The van der Waals surface area contributed by atoms with E-state index in [2.05, 4.69) is 41.8 Å². The molecule has 2 aromatic rings. The summed E-state index contributed by atoms with van der Waals surface area (Å²) in [4.78, 5) is 2.98. The molecule has 3 N–H and O–H groups in total. The van der Waals surface area contributed by atoms with Crippen molar-refractivity contribution < 1.29 is 0 Å². The van der Waals surface area contributed by atoms with Gasteiger partial charge in [0.25, 0.3) is 0 Å². The quantitative estimate of drug-likeness (QED) is 0.510. The molecular weight excluding hydrogens is 264 g/mol. The lowest BCUT2D eigenvalue weighted by molar-refractivity contribution is 0.560. The molecule has 0 spiro atoms. The van der Waals surface area contributed by atoms with E-state index >= 15 is 0 Å². The summed E-state index contributed by atoms with van der Waals surface area (Å²) in [6.45, 7) is 0. The molecule has 106 valence electrons. The first-order chi connectivity index (χ1) is 9.86. The molecule has 1 aromatic carbocycles. The Balaban J connectivity index is 1.79. The van der Waals surface area contributed by atoms with Gasteiger partial charge in [-0.2, -0.15) is 0 Å². The molecule has 0 saturated carbocycles. The van der Waals surface area contributed by atoms with Crippen molar-refractivity contribution in [1.29, 1.82) is 0 Å². The molecule has 1 aromatic heterocycles. The standard InChI is InChI=1S/C17H22N2S/c18-19-15(11-13-7-3-1-4-8-13)17-12-14-9-5-2-6-10-16(14)20-17/h1,3-4,7-8,12,15,19H,2,5-6,9-11,18H2. The molecule has 3 heteroatoms. The van der Waals surface area contributed by atoms with Gasteiger partial charge in [-0.05, 0) is 49.3 Å². The van der Waals surface area contributed by atoms with Gasteiger partial charge in [0.2, 0.25) is 0 Å². The zero-order valence-corrected chi connectivity index (χ0v) is 12.6. The zero-order valence-electron chi connectivity index (χ0n) is 11.8. The Hall–Kier alpha value is -1.16. The molecule has 1 unspecified atom stereocenters. The van der Waals surface area contributed by atoms with Crippen molar-refractivity contribution in [3.05, 3.63) is 57.3 Å². The van der Waals surface area contributed by atoms with Crippen LogP contribution in [0.1, 0.15) is 46.2 Å². The van der Waals surface area contributed by atoms with Gasteiger partial charge in [0, 0.05) is 9.75 Å². The molecule has 2 nitrogen and oxygen atoms in total. The highest BCUT2D eigenvalue weighted by molar-refractivity contribution is 7.12. The van der Waals surface area contributed by atoms with Crippen LogP contribution < -0.4 is 11.3 Å². The molecule has 0 fully saturated rings. The third kappa shape index (κ3) is 3.11. The minimum absolute atomic E-state index is 0.231. The van der Waals surface area contributed by atoms with Crippen molar-refractivity contribution in [3.63, 3.8) is 0 Å². The van der Waals surface area contributed by atoms with Crippen LogP contribution in [-0.4, -0.2) is 0 Å². The lowest BCUT2D eigenvalue weighted by Crippen LogP contribution is -2.28. The number of hydrazine groups is 1. The topological polar surface area (TPSA) is 38.0 Å². The van der Waals surface area contributed by atoms with E-state index in [1.807, 2.05) is 11.3 Å². The van der Waals surface area contributed by atoms with Crippen molar-refractivity contribution in [2.45, 2.75) is 44.6 Å². The third-order valence-corrected chi connectivity index (χ3v) is 5.44. The maximum atomic E-state index is 5.80. The highest BCUT2D eigenvalue weighted by Crippen LogP contribution is 2.33.